The van der Waals surface area contributed by atoms with Crippen molar-refractivity contribution < 1.29 is 4.79 Å². The van der Waals surface area contributed by atoms with E-state index in [4.69, 9.17) is 0 Å². The second-order valence-corrected chi connectivity index (χ2v) is 6.68. The molecule has 3 nitrogen and oxygen atoms in total. The predicted molar refractivity (Wildman–Crippen MR) is 69.6 cm³/mol. The van der Waals surface area contributed by atoms with Gasteiger partial charge in [0.25, 0.3) is 0 Å². The van der Waals surface area contributed by atoms with Crippen LogP contribution >= 0.6 is 0 Å². The van der Waals surface area contributed by atoms with Crippen LogP contribution in [0.2, 0.25) is 0 Å². The fraction of sp³-hybridized carbons (Fsp3) is 0.857. The summed E-state index contributed by atoms with van der Waals surface area (Å²) in [6.45, 7) is 10.8. The van der Waals surface area contributed by atoms with Crippen LogP contribution in [0, 0.1) is 22.7 Å². The standard InChI is InChI=1S/C14H24N2O/c1-9(2)12(17)16-15-11-8-10-6-7-14(11,5)13(10,3)4/h9-10H,6-8H2,1-5H3,(H,16,17)/b15-11+. The van der Waals surface area contributed by atoms with Crippen molar-refractivity contribution in [1.82, 2.24) is 5.43 Å². The molecule has 0 heterocycles. The molecular formula is C14H24N2O. The Hall–Kier alpha value is -0.860. The van der Waals surface area contributed by atoms with E-state index in [1.54, 1.807) is 0 Å². The Balaban J connectivity index is 2.15. The Bertz CT molecular complexity index is 370. The summed E-state index contributed by atoms with van der Waals surface area (Å²) < 4.78 is 0. The molecule has 0 aromatic rings. The van der Waals surface area contributed by atoms with E-state index >= 15 is 0 Å². The van der Waals surface area contributed by atoms with Crippen molar-refractivity contribution >= 4 is 11.6 Å². The lowest BCUT2D eigenvalue weighted by atomic mass is 9.70. The minimum atomic E-state index is -0.00115. The first kappa shape index (κ1) is 12.6. The second kappa shape index (κ2) is 3.82. The summed E-state index contributed by atoms with van der Waals surface area (Å²) in [7, 11) is 0. The summed E-state index contributed by atoms with van der Waals surface area (Å²) >= 11 is 0. The zero-order valence-electron chi connectivity index (χ0n) is 11.6. The van der Waals surface area contributed by atoms with Gasteiger partial charge in [0.2, 0.25) is 5.91 Å². The van der Waals surface area contributed by atoms with E-state index in [0.717, 1.165) is 12.3 Å². The Morgan fingerprint density at radius 3 is 2.47 bits per heavy atom. The molecule has 0 spiro atoms. The van der Waals surface area contributed by atoms with Crippen LogP contribution in [0.5, 0.6) is 0 Å². The highest BCUT2D eigenvalue weighted by Crippen LogP contribution is 2.63. The number of carbonyl (C=O) groups excluding carboxylic acids is 1. The van der Waals surface area contributed by atoms with Gasteiger partial charge < -0.3 is 0 Å². The van der Waals surface area contributed by atoms with Crippen LogP contribution in [0.3, 0.4) is 0 Å². The summed E-state index contributed by atoms with van der Waals surface area (Å²) in [5.74, 6) is 0.752. The molecule has 2 saturated carbocycles. The molecule has 2 bridgehead atoms. The van der Waals surface area contributed by atoms with E-state index in [1.807, 2.05) is 13.8 Å². The van der Waals surface area contributed by atoms with Gasteiger partial charge in [-0.05, 0) is 30.6 Å². The number of fused-ring (bicyclic) bond motifs is 2. The van der Waals surface area contributed by atoms with Crippen LogP contribution < -0.4 is 5.43 Å². The first-order valence-corrected chi connectivity index (χ1v) is 6.66. The maximum Gasteiger partial charge on any atom is 0.242 e. The normalized spacial score (nSPS) is 36.8. The van der Waals surface area contributed by atoms with E-state index in [9.17, 15) is 4.79 Å². The van der Waals surface area contributed by atoms with Crippen molar-refractivity contribution in [3.8, 4) is 0 Å². The quantitative estimate of drug-likeness (QED) is 0.736. The molecule has 2 atom stereocenters. The van der Waals surface area contributed by atoms with Crippen LogP contribution in [0.15, 0.2) is 5.10 Å². The minimum absolute atomic E-state index is 0.00115. The predicted octanol–water partition coefficient (Wildman–Crippen LogP) is 2.96. The lowest BCUT2D eigenvalue weighted by molar-refractivity contribution is -0.123. The minimum Gasteiger partial charge on any atom is -0.273 e. The second-order valence-electron chi connectivity index (χ2n) is 6.68. The van der Waals surface area contributed by atoms with Gasteiger partial charge in [0, 0.05) is 17.0 Å². The van der Waals surface area contributed by atoms with Crippen molar-refractivity contribution in [1.29, 1.82) is 0 Å². The maximum absolute atomic E-state index is 11.6. The van der Waals surface area contributed by atoms with Crippen LogP contribution in [-0.4, -0.2) is 11.6 Å². The highest BCUT2D eigenvalue weighted by Gasteiger charge is 2.59. The molecule has 3 heteroatoms. The largest absolute Gasteiger partial charge is 0.273 e. The number of carbonyl (C=O) groups is 1. The van der Waals surface area contributed by atoms with Gasteiger partial charge in [0.1, 0.15) is 0 Å². The zero-order chi connectivity index (χ0) is 12.8. The van der Waals surface area contributed by atoms with Crippen molar-refractivity contribution in [2.75, 3.05) is 0 Å². The molecule has 1 amide bonds. The van der Waals surface area contributed by atoms with E-state index in [-0.39, 0.29) is 17.2 Å². The number of hydrogen-bond donors (Lipinski definition) is 1. The third-order valence-corrected chi connectivity index (χ3v) is 5.34. The van der Waals surface area contributed by atoms with E-state index < -0.39 is 0 Å². The van der Waals surface area contributed by atoms with Crippen LogP contribution in [-0.2, 0) is 4.79 Å². The highest BCUT2D eigenvalue weighted by molar-refractivity contribution is 5.95. The summed E-state index contributed by atoms with van der Waals surface area (Å²) in [4.78, 5) is 11.6. The smallest absolute Gasteiger partial charge is 0.242 e. The molecule has 17 heavy (non-hydrogen) atoms. The molecule has 0 aromatic heterocycles. The van der Waals surface area contributed by atoms with Gasteiger partial charge in [0.15, 0.2) is 0 Å². The molecule has 2 fully saturated rings. The topological polar surface area (TPSA) is 41.5 Å². The first-order chi connectivity index (χ1) is 7.79. The molecule has 2 aliphatic rings. The van der Waals surface area contributed by atoms with Crippen molar-refractivity contribution in [2.24, 2.45) is 27.8 Å². The van der Waals surface area contributed by atoms with Gasteiger partial charge >= 0.3 is 0 Å². The Labute approximate surface area is 104 Å². The summed E-state index contributed by atoms with van der Waals surface area (Å²) in [5, 5.41) is 4.41. The highest BCUT2D eigenvalue weighted by atomic mass is 16.2. The third kappa shape index (κ3) is 1.71. The average molecular weight is 236 g/mol. The number of rotatable bonds is 2. The van der Waals surface area contributed by atoms with Gasteiger partial charge in [-0.15, -0.1) is 0 Å². The molecule has 96 valence electrons. The summed E-state index contributed by atoms with van der Waals surface area (Å²) in [6.07, 6.45) is 3.57. The molecule has 0 aromatic carbocycles. The summed E-state index contributed by atoms with van der Waals surface area (Å²) in [5.41, 5.74) is 4.43. The number of hydrogen-bond acceptors (Lipinski definition) is 2. The van der Waals surface area contributed by atoms with Gasteiger partial charge in [0.05, 0.1) is 0 Å². The molecule has 0 radical (unpaired) electrons. The maximum atomic E-state index is 11.6. The van der Waals surface area contributed by atoms with Gasteiger partial charge in [-0.3, -0.25) is 4.79 Å². The van der Waals surface area contributed by atoms with Crippen molar-refractivity contribution in [2.45, 2.75) is 53.9 Å². The molecular weight excluding hydrogens is 212 g/mol. The Kier molecular flexibility index (Phi) is 2.83. The zero-order valence-corrected chi connectivity index (χ0v) is 11.6. The average Bonchev–Trinajstić information content (AvgIpc) is 2.57. The van der Waals surface area contributed by atoms with Crippen LogP contribution in [0.25, 0.3) is 0 Å². The molecule has 2 aliphatic carbocycles. The number of amides is 1. The number of hydrazone groups is 1. The molecule has 2 unspecified atom stereocenters. The van der Waals surface area contributed by atoms with Gasteiger partial charge in [-0.25, -0.2) is 5.43 Å². The van der Waals surface area contributed by atoms with Crippen LogP contribution in [0.1, 0.15) is 53.9 Å². The van der Waals surface area contributed by atoms with Crippen molar-refractivity contribution in [3.63, 3.8) is 0 Å². The third-order valence-electron chi connectivity index (χ3n) is 5.34. The van der Waals surface area contributed by atoms with Gasteiger partial charge in [-0.2, -0.15) is 5.10 Å². The fourth-order valence-corrected chi connectivity index (χ4v) is 3.35. The summed E-state index contributed by atoms with van der Waals surface area (Å²) in [6, 6.07) is 0. The Morgan fingerprint density at radius 1 is 1.41 bits per heavy atom. The van der Waals surface area contributed by atoms with E-state index in [2.05, 4.69) is 31.3 Å². The lowest BCUT2D eigenvalue weighted by Gasteiger charge is -2.34. The van der Waals surface area contributed by atoms with Crippen LogP contribution in [0.4, 0.5) is 0 Å². The van der Waals surface area contributed by atoms with E-state index in [0.29, 0.717) is 5.41 Å². The van der Waals surface area contributed by atoms with E-state index in [1.165, 1.54) is 18.6 Å². The molecule has 2 rings (SSSR count). The molecule has 0 saturated heterocycles. The fourth-order valence-electron chi connectivity index (χ4n) is 3.35. The molecule has 0 aliphatic heterocycles. The Morgan fingerprint density at radius 2 is 2.06 bits per heavy atom. The van der Waals surface area contributed by atoms with Crippen molar-refractivity contribution in [3.05, 3.63) is 0 Å². The van der Waals surface area contributed by atoms with Gasteiger partial charge in [-0.1, -0.05) is 34.6 Å². The molecule has 1 N–H and O–H groups in total. The first-order valence-electron chi connectivity index (χ1n) is 6.66. The number of nitrogens with one attached hydrogen (secondary N) is 1. The lowest BCUT2D eigenvalue weighted by Crippen LogP contribution is -2.34. The number of nitrogens with zero attached hydrogens (tertiary/aromatic N) is 1. The monoisotopic (exact) mass is 236 g/mol. The SMILES string of the molecule is CC(C)C(=O)N/N=C1\CC2CCC1(C)C2(C)C.